The fraction of sp³-hybridized carbons (Fsp3) is 0.143. The lowest BCUT2D eigenvalue weighted by molar-refractivity contribution is 0.187. The van der Waals surface area contributed by atoms with Crippen molar-refractivity contribution in [3.8, 4) is 0 Å². The number of pyridine rings is 1. The molecule has 1 rings (SSSR count). The van der Waals surface area contributed by atoms with Crippen molar-refractivity contribution in [1.82, 2.24) is 4.98 Å². The first-order valence-electron chi connectivity index (χ1n) is 3.30. The topological polar surface area (TPSA) is 51.2 Å². The van der Waals surface area contributed by atoms with E-state index < -0.39 is 6.09 Å². The molecule has 0 radical (unpaired) electrons. The molecule has 1 aromatic heterocycles. The summed E-state index contributed by atoms with van der Waals surface area (Å²) in [6.07, 6.45) is -0.585. The fourth-order valence-corrected chi connectivity index (χ4v) is 1.17. The van der Waals surface area contributed by atoms with Crippen molar-refractivity contribution in [1.29, 1.82) is 0 Å². The van der Waals surface area contributed by atoms with Gasteiger partial charge in [0.25, 0.3) is 0 Å². The standard InChI is InChI=1S/C7H6Cl2N2O2/c1-13-7(12)10-4-2-5(8)11-6(9)3-4/h2-3H,1H3,(H,10,11,12). The molecule has 0 fully saturated rings. The van der Waals surface area contributed by atoms with Crippen LogP contribution in [0.25, 0.3) is 0 Å². The van der Waals surface area contributed by atoms with Crippen molar-refractivity contribution in [2.75, 3.05) is 12.4 Å². The largest absolute Gasteiger partial charge is 0.453 e. The second-order valence-corrected chi connectivity index (χ2v) is 2.89. The Morgan fingerprint density at radius 3 is 2.46 bits per heavy atom. The van der Waals surface area contributed by atoms with E-state index in [0.29, 0.717) is 5.69 Å². The highest BCUT2D eigenvalue weighted by molar-refractivity contribution is 6.32. The van der Waals surface area contributed by atoms with Gasteiger partial charge in [-0.15, -0.1) is 0 Å². The van der Waals surface area contributed by atoms with E-state index in [0.717, 1.165) is 0 Å². The van der Waals surface area contributed by atoms with Gasteiger partial charge in [-0.3, -0.25) is 5.32 Å². The van der Waals surface area contributed by atoms with Crippen LogP contribution in [0.15, 0.2) is 12.1 Å². The molecule has 13 heavy (non-hydrogen) atoms. The van der Waals surface area contributed by atoms with Crippen LogP contribution in [-0.4, -0.2) is 18.2 Å². The summed E-state index contributed by atoms with van der Waals surface area (Å²) in [5, 5.41) is 2.82. The molecule has 1 N–H and O–H groups in total. The monoisotopic (exact) mass is 220 g/mol. The molecule has 1 amide bonds. The van der Waals surface area contributed by atoms with Gasteiger partial charge in [-0.2, -0.15) is 0 Å². The molecule has 0 aliphatic rings. The molecule has 0 aromatic carbocycles. The number of carbonyl (C=O) groups excluding carboxylic acids is 1. The molecule has 1 aromatic rings. The molecule has 0 aliphatic heterocycles. The van der Waals surface area contributed by atoms with Crippen LogP contribution in [0, 0.1) is 0 Å². The number of ether oxygens (including phenoxy) is 1. The number of carbonyl (C=O) groups is 1. The zero-order valence-corrected chi connectivity index (χ0v) is 8.19. The van der Waals surface area contributed by atoms with Crippen molar-refractivity contribution in [3.63, 3.8) is 0 Å². The van der Waals surface area contributed by atoms with E-state index in [1.165, 1.54) is 19.2 Å². The molecule has 70 valence electrons. The number of halogens is 2. The number of hydrogen-bond acceptors (Lipinski definition) is 3. The summed E-state index contributed by atoms with van der Waals surface area (Å²) in [5.41, 5.74) is 0.442. The lowest BCUT2D eigenvalue weighted by Crippen LogP contribution is -2.10. The normalized spacial score (nSPS) is 9.46. The lowest BCUT2D eigenvalue weighted by Gasteiger charge is -2.03. The average molecular weight is 221 g/mol. The highest BCUT2D eigenvalue weighted by atomic mass is 35.5. The number of hydrogen-bond donors (Lipinski definition) is 1. The Labute approximate surface area is 84.8 Å². The Hall–Kier alpha value is -1.00. The van der Waals surface area contributed by atoms with Gasteiger partial charge in [0.15, 0.2) is 0 Å². The highest BCUT2D eigenvalue weighted by Crippen LogP contribution is 2.18. The number of anilines is 1. The van der Waals surface area contributed by atoms with E-state index in [-0.39, 0.29) is 10.3 Å². The molecule has 0 bridgehead atoms. The first kappa shape index (κ1) is 10.1. The summed E-state index contributed by atoms with van der Waals surface area (Å²) >= 11 is 11.2. The van der Waals surface area contributed by atoms with Crippen molar-refractivity contribution in [2.45, 2.75) is 0 Å². The molecular formula is C7H6Cl2N2O2. The van der Waals surface area contributed by atoms with Crippen molar-refractivity contribution in [2.24, 2.45) is 0 Å². The zero-order valence-electron chi connectivity index (χ0n) is 6.67. The van der Waals surface area contributed by atoms with Crippen LogP contribution >= 0.6 is 23.2 Å². The van der Waals surface area contributed by atoms with Gasteiger partial charge in [0, 0.05) is 0 Å². The average Bonchev–Trinajstić information content (AvgIpc) is 2.02. The molecule has 6 heteroatoms. The Bertz CT molecular complexity index is 310. The van der Waals surface area contributed by atoms with Gasteiger partial charge in [-0.1, -0.05) is 23.2 Å². The number of nitrogens with one attached hydrogen (secondary N) is 1. The first-order valence-corrected chi connectivity index (χ1v) is 4.05. The molecular weight excluding hydrogens is 215 g/mol. The third kappa shape index (κ3) is 3.08. The van der Waals surface area contributed by atoms with Gasteiger partial charge in [-0.05, 0) is 12.1 Å². The first-order chi connectivity index (χ1) is 6.11. The van der Waals surface area contributed by atoms with Crippen LogP contribution in [-0.2, 0) is 4.74 Å². The molecule has 0 spiro atoms. The predicted molar refractivity (Wildman–Crippen MR) is 50.3 cm³/mol. The van der Waals surface area contributed by atoms with Crippen LogP contribution in [0.1, 0.15) is 0 Å². The number of aromatic nitrogens is 1. The van der Waals surface area contributed by atoms with Crippen molar-refractivity contribution < 1.29 is 9.53 Å². The van der Waals surface area contributed by atoms with Crippen LogP contribution < -0.4 is 5.32 Å². The van der Waals surface area contributed by atoms with E-state index in [1.54, 1.807) is 0 Å². The van der Waals surface area contributed by atoms with Gasteiger partial charge in [-0.25, -0.2) is 9.78 Å². The highest BCUT2D eigenvalue weighted by Gasteiger charge is 2.03. The summed E-state index contributed by atoms with van der Waals surface area (Å²) in [6.45, 7) is 0. The predicted octanol–water partition coefficient (Wildman–Crippen LogP) is 2.57. The summed E-state index contributed by atoms with van der Waals surface area (Å²) in [5.74, 6) is 0. The quantitative estimate of drug-likeness (QED) is 0.741. The molecule has 0 aliphatic carbocycles. The molecule has 0 atom stereocenters. The maximum atomic E-state index is 10.8. The molecule has 4 nitrogen and oxygen atoms in total. The van der Waals surface area contributed by atoms with E-state index >= 15 is 0 Å². The van der Waals surface area contributed by atoms with Crippen LogP contribution in [0.5, 0.6) is 0 Å². The summed E-state index contributed by atoms with van der Waals surface area (Å²) in [6, 6.07) is 2.93. The second-order valence-electron chi connectivity index (χ2n) is 2.12. The maximum Gasteiger partial charge on any atom is 0.411 e. The summed E-state index contributed by atoms with van der Waals surface area (Å²) in [7, 11) is 1.26. The van der Waals surface area contributed by atoms with E-state index in [2.05, 4.69) is 15.0 Å². The Morgan fingerprint density at radius 1 is 1.46 bits per heavy atom. The summed E-state index contributed by atoms with van der Waals surface area (Å²) < 4.78 is 4.38. The smallest absolute Gasteiger partial charge is 0.411 e. The van der Waals surface area contributed by atoms with Crippen LogP contribution in [0.4, 0.5) is 10.5 Å². The van der Waals surface area contributed by atoms with Crippen LogP contribution in [0.2, 0.25) is 10.3 Å². The minimum atomic E-state index is -0.585. The van der Waals surface area contributed by atoms with Gasteiger partial charge in [0.05, 0.1) is 12.8 Å². The van der Waals surface area contributed by atoms with Gasteiger partial charge < -0.3 is 4.74 Å². The Morgan fingerprint density at radius 2 is 2.00 bits per heavy atom. The number of nitrogens with zero attached hydrogens (tertiary/aromatic N) is 1. The molecule has 1 heterocycles. The lowest BCUT2D eigenvalue weighted by atomic mass is 10.4. The van der Waals surface area contributed by atoms with E-state index in [1.807, 2.05) is 0 Å². The van der Waals surface area contributed by atoms with E-state index in [9.17, 15) is 4.79 Å². The van der Waals surface area contributed by atoms with Gasteiger partial charge >= 0.3 is 6.09 Å². The number of methoxy groups -OCH3 is 1. The van der Waals surface area contributed by atoms with Crippen LogP contribution in [0.3, 0.4) is 0 Å². The fourth-order valence-electron chi connectivity index (χ4n) is 0.706. The molecule has 0 unspecified atom stereocenters. The van der Waals surface area contributed by atoms with E-state index in [4.69, 9.17) is 23.2 Å². The third-order valence-corrected chi connectivity index (χ3v) is 1.58. The third-order valence-electron chi connectivity index (χ3n) is 1.19. The molecule has 0 saturated heterocycles. The Balaban J connectivity index is 2.83. The minimum absolute atomic E-state index is 0.207. The maximum absolute atomic E-state index is 10.8. The van der Waals surface area contributed by atoms with Crippen molar-refractivity contribution >= 4 is 35.0 Å². The number of amides is 1. The van der Waals surface area contributed by atoms with Gasteiger partial charge in [0.1, 0.15) is 10.3 Å². The molecule has 0 saturated carbocycles. The van der Waals surface area contributed by atoms with Gasteiger partial charge in [0.2, 0.25) is 0 Å². The SMILES string of the molecule is COC(=O)Nc1cc(Cl)nc(Cl)c1. The number of rotatable bonds is 1. The minimum Gasteiger partial charge on any atom is -0.453 e. The zero-order chi connectivity index (χ0) is 9.84. The Kier molecular flexibility index (Phi) is 3.33. The summed E-state index contributed by atoms with van der Waals surface area (Å²) in [4.78, 5) is 14.5. The van der Waals surface area contributed by atoms with Crippen molar-refractivity contribution in [3.05, 3.63) is 22.4 Å². The second kappa shape index (κ2) is 4.30.